The molecule has 1 heterocycles. The lowest BCUT2D eigenvalue weighted by Gasteiger charge is -2.29. The van der Waals surface area contributed by atoms with Crippen molar-refractivity contribution in [3.63, 3.8) is 0 Å². The summed E-state index contributed by atoms with van der Waals surface area (Å²) in [6.07, 6.45) is 4.30. The molecule has 1 N–H and O–H groups in total. The van der Waals surface area contributed by atoms with Crippen LogP contribution in [0.15, 0.2) is 24.3 Å². The molecule has 0 amide bonds. The lowest BCUT2D eigenvalue weighted by atomic mass is 9.98. The Morgan fingerprint density at radius 2 is 2.06 bits per heavy atom. The van der Waals surface area contributed by atoms with Gasteiger partial charge in [0.15, 0.2) is 0 Å². The van der Waals surface area contributed by atoms with E-state index in [1.165, 1.54) is 11.1 Å². The minimum absolute atomic E-state index is 0.197. The van der Waals surface area contributed by atoms with Crippen molar-refractivity contribution in [2.24, 2.45) is 0 Å². The van der Waals surface area contributed by atoms with E-state index in [0.29, 0.717) is 6.04 Å². The molecule has 1 aromatic rings. The number of nitrogens with one attached hydrogen (secondary N) is 1. The molecular formula is C15H21NO. The molecule has 0 saturated carbocycles. The molecule has 0 atom stereocenters. The Labute approximate surface area is 104 Å². The highest BCUT2D eigenvalue weighted by atomic mass is 16.5. The smallest absolute Gasteiger partial charge is 0.128 e. The second kappa shape index (κ2) is 4.53. The van der Waals surface area contributed by atoms with Crippen molar-refractivity contribution in [1.82, 2.24) is 5.32 Å². The average molecular weight is 231 g/mol. The SMILES string of the molecule is CC(C)NCc1cccc2c1C=CC(C)(C)O2. The molecule has 0 aliphatic carbocycles. The average Bonchev–Trinajstić information content (AvgIpc) is 2.24. The lowest BCUT2D eigenvalue weighted by molar-refractivity contribution is 0.159. The quantitative estimate of drug-likeness (QED) is 0.861. The van der Waals surface area contributed by atoms with E-state index in [-0.39, 0.29) is 5.60 Å². The monoisotopic (exact) mass is 231 g/mol. The van der Waals surface area contributed by atoms with Crippen LogP contribution in [0.4, 0.5) is 0 Å². The molecule has 0 radical (unpaired) electrons. The van der Waals surface area contributed by atoms with Crippen LogP contribution in [0.1, 0.15) is 38.8 Å². The van der Waals surface area contributed by atoms with E-state index in [1.807, 2.05) is 6.07 Å². The predicted molar refractivity (Wildman–Crippen MR) is 72.2 cm³/mol. The minimum Gasteiger partial charge on any atom is -0.483 e. The van der Waals surface area contributed by atoms with Gasteiger partial charge in [-0.3, -0.25) is 0 Å². The number of hydrogen-bond donors (Lipinski definition) is 1. The van der Waals surface area contributed by atoms with Gasteiger partial charge < -0.3 is 10.1 Å². The van der Waals surface area contributed by atoms with Gasteiger partial charge in [0, 0.05) is 18.2 Å². The maximum atomic E-state index is 5.95. The molecule has 2 rings (SSSR count). The zero-order chi connectivity index (χ0) is 12.5. The molecule has 2 nitrogen and oxygen atoms in total. The second-order valence-electron chi connectivity index (χ2n) is 5.40. The van der Waals surface area contributed by atoms with Crippen molar-refractivity contribution < 1.29 is 4.74 Å². The van der Waals surface area contributed by atoms with Crippen molar-refractivity contribution in [2.45, 2.75) is 45.9 Å². The van der Waals surface area contributed by atoms with Gasteiger partial charge in [0.25, 0.3) is 0 Å². The van der Waals surface area contributed by atoms with Gasteiger partial charge >= 0.3 is 0 Å². The molecule has 17 heavy (non-hydrogen) atoms. The third kappa shape index (κ3) is 2.89. The van der Waals surface area contributed by atoms with Crippen molar-refractivity contribution in [3.05, 3.63) is 35.4 Å². The first-order valence-electron chi connectivity index (χ1n) is 6.21. The third-order valence-corrected chi connectivity index (χ3v) is 2.88. The molecule has 0 bridgehead atoms. The molecule has 1 aromatic carbocycles. The summed E-state index contributed by atoms with van der Waals surface area (Å²) < 4.78 is 5.95. The van der Waals surface area contributed by atoms with E-state index in [4.69, 9.17) is 4.74 Å². The van der Waals surface area contributed by atoms with Crippen LogP contribution in [0.25, 0.3) is 6.08 Å². The topological polar surface area (TPSA) is 21.3 Å². The van der Waals surface area contributed by atoms with Crippen molar-refractivity contribution >= 4 is 6.08 Å². The Morgan fingerprint density at radius 1 is 1.29 bits per heavy atom. The maximum absolute atomic E-state index is 5.95. The van der Waals surface area contributed by atoms with Crippen LogP contribution in [-0.2, 0) is 6.54 Å². The summed E-state index contributed by atoms with van der Waals surface area (Å²) in [5.41, 5.74) is 2.31. The first-order chi connectivity index (χ1) is 7.98. The molecule has 0 spiro atoms. The summed E-state index contributed by atoms with van der Waals surface area (Å²) in [5, 5.41) is 3.44. The van der Waals surface area contributed by atoms with E-state index >= 15 is 0 Å². The zero-order valence-electron chi connectivity index (χ0n) is 11.1. The molecule has 1 aliphatic rings. The van der Waals surface area contributed by atoms with Gasteiger partial charge in [-0.2, -0.15) is 0 Å². The lowest BCUT2D eigenvalue weighted by Crippen LogP contribution is -2.28. The van der Waals surface area contributed by atoms with Crippen molar-refractivity contribution in [1.29, 1.82) is 0 Å². The van der Waals surface area contributed by atoms with Crippen LogP contribution in [0.5, 0.6) is 5.75 Å². The molecule has 0 saturated heterocycles. The highest BCUT2D eigenvalue weighted by Crippen LogP contribution is 2.32. The minimum atomic E-state index is -0.197. The zero-order valence-corrected chi connectivity index (χ0v) is 11.1. The largest absolute Gasteiger partial charge is 0.483 e. The Hall–Kier alpha value is -1.28. The van der Waals surface area contributed by atoms with E-state index in [0.717, 1.165) is 12.3 Å². The van der Waals surface area contributed by atoms with Crippen LogP contribution in [0, 0.1) is 0 Å². The van der Waals surface area contributed by atoms with Gasteiger partial charge in [-0.1, -0.05) is 32.1 Å². The van der Waals surface area contributed by atoms with Gasteiger partial charge in [0.2, 0.25) is 0 Å². The summed E-state index contributed by atoms with van der Waals surface area (Å²) >= 11 is 0. The fourth-order valence-electron chi connectivity index (χ4n) is 1.94. The summed E-state index contributed by atoms with van der Waals surface area (Å²) in [6.45, 7) is 9.35. The molecule has 0 fully saturated rings. The molecule has 92 valence electrons. The van der Waals surface area contributed by atoms with E-state index < -0.39 is 0 Å². The Bertz CT molecular complexity index is 433. The molecule has 0 unspecified atom stereocenters. The fourth-order valence-corrected chi connectivity index (χ4v) is 1.94. The van der Waals surface area contributed by atoms with E-state index in [2.05, 4.69) is 57.3 Å². The van der Waals surface area contributed by atoms with Crippen LogP contribution >= 0.6 is 0 Å². The predicted octanol–water partition coefficient (Wildman–Crippen LogP) is 3.37. The summed E-state index contributed by atoms with van der Waals surface area (Å²) in [5.74, 6) is 0.987. The number of ether oxygens (including phenoxy) is 1. The first kappa shape index (κ1) is 12.2. The van der Waals surface area contributed by atoms with Gasteiger partial charge in [-0.15, -0.1) is 0 Å². The Kier molecular flexibility index (Phi) is 3.25. The van der Waals surface area contributed by atoms with Gasteiger partial charge in [0.1, 0.15) is 11.4 Å². The summed E-state index contributed by atoms with van der Waals surface area (Å²) in [6, 6.07) is 6.75. The highest BCUT2D eigenvalue weighted by Gasteiger charge is 2.22. The number of benzene rings is 1. The molecule has 2 heteroatoms. The Balaban J connectivity index is 2.26. The normalized spacial score (nSPS) is 16.8. The third-order valence-electron chi connectivity index (χ3n) is 2.88. The molecular weight excluding hydrogens is 210 g/mol. The fraction of sp³-hybridized carbons (Fsp3) is 0.467. The number of fused-ring (bicyclic) bond motifs is 1. The van der Waals surface area contributed by atoms with Gasteiger partial charge in [-0.05, 0) is 31.6 Å². The number of rotatable bonds is 3. The first-order valence-corrected chi connectivity index (χ1v) is 6.21. The molecule has 0 aromatic heterocycles. The van der Waals surface area contributed by atoms with Crippen LogP contribution in [0.2, 0.25) is 0 Å². The van der Waals surface area contributed by atoms with Crippen LogP contribution in [-0.4, -0.2) is 11.6 Å². The van der Waals surface area contributed by atoms with Crippen LogP contribution < -0.4 is 10.1 Å². The van der Waals surface area contributed by atoms with E-state index in [9.17, 15) is 0 Å². The van der Waals surface area contributed by atoms with Gasteiger partial charge in [-0.25, -0.2) is 0 Å². The van der Waals surface area contributed by atoms with Crippen LogP contribution in [0.3, 0.4) is 0 Å². The van der Waals surface area contributed by atoms with Gasteiger partial charge in [0.05, 0.1) is 0 Å². The highest BCUT2D eigenvalue weighted by molar-refractivity contribution is 5.64. The number of hydrogen-bond acceptors (Lipinski definition) is 2. The van der Waals surface area contributed by atoms with Crippen molar-refractivity contribution in [2.75, 3.05) is 0 Å². The summed E-state index contributed by atoms with van der Waals surface area (Å²) in [7, 11) is 0. The Morgan fingerprint density at radius 3 is 2.76 bits per heavy atom. The summed E-state index contributed by atoms with van der Waals surface area (Å²) in [4.78, 5) is 0. The van der Waals surface area contributed by atoms with E-state index in [1.54, 1.807) is 0 Å². The molecule has 1 aliphatic heterocycles. The van der Waals surface area contributed by atoms with Crippen molar-refractivity contribution in [3.8, 4) is 5.75 Å². The standard InChI is InChI=1S/C15H21NO/c1-11(2)16-10-12-6-5-7-14-13(12)8-9-15(3,4)17-14/h5-9,11,16H,10H2,1-4H3. The second-order valence-corrected chi connectivity index (χ2v) is 5.40. The maximum Gasteiger partial charge on any atom is 0.128 e.